The van der Waals surface area contributed by atoms with Crippen molar-refractivity contribution in [1.82, 2.24) is 30.1 Å². The fraction of sp³-hybridized carbons (Fsp3) is 0.529. The van der Waals surface area contributed by atoms with Crippen molar-refractivity contribution in [2.45, 2.75) is 70.2 Å². The molecular formula is C34H45N7O3S. The second-order valence-electron chi connectivity index (χ2n) is 12.0. The largest absolute Gasteiger partial charge is 0.370 e. The number of piperazine rings is 1. The molecule has 2 saturated carbocycles. The molecule has 1 N–H and O–H groups in total. The second-order valence-corrected chi connectivity index (χ2v) is 13.1. The standard InChI is InChI=1S/C34H45N7O3S/c1-25-22-40(34(43)27-9-13-36-14-10-27)15-16-41(25)30-18-28(19-30)33(42)39-24-45-17-11-26(6-5-12-35-2)29-20-37-32(38-21-29)23-44-31-7-3-4-8-31/h5-6,9-11,13-14,20-21,25,28,30-31H,2-4,7-8,12,15-19,22-24H2,1H3,(H,39,42)/b6-5-,26-11+. The SMILES string of the molecule is C=NC/C=C\C(=C/CSCNC(=O)C1CC(N2CCN(C(=O)c3ccncc3)CC2C)C1)c1cnc(COC2CCCC2)nc1. The Labute approximate surface area is 270 Å². The third-order valence-corrected chi connectivity index (χ3v) is 9.69. The first kappa shape index (κ1) is 33.0. The summed E-state index contributed by atoms with van der Waals surface area (Å²) in [5, 5.41) is 3.11. The Bertz CT molecular complexity index is 1330. The van der Waals surface area contributed by atoms with E-state index < -0.39 is 0 Å². The van der Waals surface area contributed by atoms with Gasteiger partial charge in [-0.05, 0) is 57.0 Å². The summed E-state index contributed by atoms with van der Waals surface area (Å²) in [5.74, 6) is 2.23. The van der Waals surface area contributed by atoms with Crippen molar-refractivity contribution in [2.75, 3.05) is 37.8 Å². The zero-order valence-corrected chi connectivity index (χ0v) is 27.0. The molecule has 11 heteroatoms. The Kier molecular flexibility index (Phi) is 12.3. The number of hydrogen-bond acceptors (Lipinski definition) is 9. The van der Waals surface area contributed by atoms with Gasteiger partial charge in [0.05, 0.1) is 18.5 Å². The van der Waals surface area contributed by atoms with Gasteiger partial charge in [-0.2, -0.15) is 0 Å². The number of carbonyl (C=O) groups is 2. The number of aliphatic imine (C=N–C) groups is 1. The van der Waals surface area contributed by atoms with E-state index >= 15 is 0 Å². The summed E-state index contributed by atoms with van der Waals surface area (Å²) in [6.07, 6.45) is 19.9. The lowest BCUT2D eigenvalue weighted by Gasteiger charge is -2.49. The molecule has 0 aromatic carbocycles. The molecule has 45 heavy (non-hydrogen) atoms. The number of hydrogen-bond donors (Lipinski definition) is 1. The molecule has 1 unspecified atom stereocenters. The molecule has 1 saturated heterocycles. The van der Waals surface area contributed by atoms with Crippen LogP contribution in [0, 0.1) is 5.92 Å². The molecule has 2 aromatic heterocycles. The zero-order chi connectivity index (χ0) is 31.4. The number of aromatic nitrogens is 3. The molecular weight excluding hydrogens is 586 g/mol. The highest BCUT2D eigenvalue weighted by molar-refractivity contribution is 7.99. The highest BCUT2D eigenvalue weighted by Crippen LogP contribution is 2.34. The van der Waals surface area contributed by atoms with E-state index in [1.807, 2.05) is 29.4 Å². The van der Waals surface area contributed by atoms with E-state index in [4.69, 9.17) is 4.74 Å². The van der Waals surface area contributed by atoms with Gasteiger partial charge in [0.1, 0.15) is 6.61 Å². The summed E-state index contributed by atoms with van der Waals surface area (Å²) in [4.78, 5) is 47.0. The van der Waals surface area contributed by atoms with Crippen molar-refractivity contribution >= 4 is 35.9 Å². The van der Waals surface area contributed by atoms with Crippen LogP contribution in [0.4, 0.5) is 0 Å². The fourth-order valence-corrected chi connectivity index (χ4v) is 6.94. The van der Waals surface area contributed by atoms with Crippen molar-refractivity contribution in [3.8, 4) is 0 Å². The van der Waals surface area contributed by atoms with Crippen molar-refractivity contribution in [1.29, 1.82) is 0 Å². The Morgan fingerprint density at radius 1 is 1.13 bits per heavy atom. The van der Waals surface area contributed by atoms with Gasteiger partial charge >= 0.3 is 0 Å². The Hall–Kier alpha value is -3.41. The molecule has 2 aromatic rings. The third kappa shape index (κ3) is 9.31. The van der Waals surface area contributed by atoms with Crippen molar-refractivity contribution in [3.63, 3.8) is 0 Å². The Morgan fingerprint density at radius 3 is 2.60 bits per heavy atom. The van der Waals surface area contributed by atoms with Crippen LogP contribution in [-0.2, 0) is 16.1 Å². The van der Waals surface area contributed by atoms with Crippen LogP contribution < -0.4 is 5.32 Å². The molecule has 3 aliphatic rings. The van der Waals surface area contributed by atoms with E-state index in [0.717, 1.165) is 49.1 Å². The first-order valence-corrected chi connectivity index (χ1v) is 17.2. The van der Waals surface area contributed by atoms with Gasteiger partial charge in [-0.3, -0.25) is 24.5 Å². The van der Waals surface area contributed by atoms with E-state index in [9.17, 15) is 9.59 Å². The first-order chi connectivity index (χ1) is 22.0. The van der Waals surface area contributed by atoms with Crippen molar-refractivity contribution in [3.05, 3.63) is 72.1 Å². The summed E-state index contributed by atoms with van der Waals surface area (Å²) in [7, 11) is 0. The van der Waals surface area contributed by atoms with Gasteiger partial charge in [-0.25, -0.2) is 9.97 Å². The van der Waals surface area contributed by atoms with Gasteiger partial charge in [0, 0.05) is 79.3 Å². The molecule has 0 spiro atoms. The number of nitrogens with zero attached hydrogens (tertiary/aromatic N) is 6. The van der Waals surface area contributed by atoms with Crippen LogP contribution in [-0.4, -0.2) is 99.3 Å². The van der Waals surface area contributed by atoms with Crippen LogP contribution in [0.5, 0.6) is 0 Å². The maximum atomic E-state index is 12.8. The van der Waals surface area contributed by atoms with Crippen LogP contribution in [0.25, 0.3) is 5.57 Å². The topological polar surface area (TPSA) is 113 Å². The van der Waals surface area contributed by atoms with Gasteiger partial charge in [0.15, 0.2) is 5.82 Å². The predicted octanol–water partition coefficient (Wildman–Crippen LogP) is 4.40. The molecule has 240 valence electrons. The Morgan fingerprint density at radius 2 is 1.89 bits per heavy atom. The van der Waals surface area contributed by atoms with Gasteiger partial charge in [-0.15, -0.1) is 11.8 Å². The molecule has 1 atom stereocenters. The van der Waals surface area contributed by atoms with Crippen LogP contribution in [0.1, 0.15) is 67.2 Å². The molecule has 3 fully saturated rings. The number of allylic oxidation sites excluding steroid dienone is 2. The predicted molar refractivity (Wildman–Crippen MR) is 179 cm³/mol. The van der Waals surface area contributed by atoms with Crippen molar-refractivity contribution in [2.24, 2.45) is 10.9 Å². The average Bonchev–Trinajstić information content (AvgIpc) is 3.57. The number of amides is 2. The molecule has 10 nitrogen and oxygen atoms in total. The molecule has 0 bridgehead atoms. The van der Waals surface area contributed by atoms with Gasteiger partial charge in [0.25, 0.3) is 5.91 Å². The van der Waals surface area contributed by atoms with Crippen LogP contribution in [0.3, 0.4) is 0 Å². The number of pyridine rings is 1. The van der Waals surface area contributed by atoms with E-state index in [1.165, 1.54) is 12.8 Å². The highest BCUT2D eigenvalue weighted by Gasteiger charge is 2.41. The van der Waals surface area contributed by atoms with E-state index in [1.54, 1.807) is 36.3 Å². The summed E-state index contributed by atoms with van der Waals surface area (Å²) in [6, 6.07) is 4.19. The van der Waals surface area contributed by atoms with Gasteiger partial charge in [-0.1, -0.05) is 31.1 Å². The minimum absolute atomic E-state index is 0.0491. The van der Waals surface area contributed by atoms with Crippen LogP contribution in [0.15, 0.2) is 60.1 Å². The minimum Gasteiger partial charge on any atom is -0.370 e. The maximum absolute atomic E-state index is 12.8. The summed E-state index contributed by atoms with van der Waals surface area (Å²) in [5.41, 5.74) is 2.63. The lowest BCUT2D eigenvalue weighted by Crippen LogP contribution is -2.60. The normalized spacial score (nSPS) is 22.8. The number of rotatable bonds is 14. The monoisotopic (exact) mass is 631 g/mol. The fourth-order valence-electron chi connectivity index (χ4n) is 6.28. The van der Waals surface area contributed by atoms with Crippen LogP contribution >= 0.6 is 11.8 Å². The first-order valence-electron chi connectivity index (χ1n) is 16.0. The molecule has 1 aliphatic heterocycles. The van der Waals surface area contributed by atoms with Crippen molar-refractivity contribution < 1.29 is 14.3 Å². The molecule has 0 radical (unpaired) electrons. The third-order valence-electron chi connectivity index (χ3n) is 8.94. The van der Waals surface area contributed by atoms with E-state index in [0.29, 0.717) is 55.7 Å². The smallest absolute Gasteiger partial charge is 0.254 e. The molecule has 3 heterocycles. The maximum Gasteiger partial charge on any atom is 0.254 e. The molecule has 2 aliphatic carbocycles. The van der Waals surface area contributed by atoms with Gasteiger partial charge < -0.3 is 15.0 Å². The summed E-state index contributed by atoms with van der Waals surface area (Å²) < 4.78 is 5.95. The average molecular weight is 632 g/mol. The highest BCUT2D eigenvalue weighted by atomic mass is 32.2. The number of carbonyl (C=O) groups excluding carboxylic acids is 2. The lowest BCUT2D eigenvalue weighted by molar-refractivity contribution is -0.130. The summed E-state index contributed by atoms with van der Waals surface area (Å²) in [6.45, 7) is 8.95. The Balaban J connectivity index is 1.02. The quantitative estimate of drug-likeness (QED) is 0.141. The minimum atomic E-state index is 0.0491. The zero-order valence-electron chi connectivity index (χ0n) is 26.2. The number of ether oxygens (including phenoxy) is 1. The number of thioether (sulfide) groups is 1. The molecule has 5 rings (SSSR count). The lowest BCUT2D eigenvalue weighted by atomic mass is 9.78. The van der Waals surface area contributed by atoms with E-state index in [-0.39, 0.29) is 23.8 Å². The second kappa shape index (κ2) is 16.8. The summed E-state index contributed by atoms with van der Waals surface area (Å²) >= 11 is 1.66. The van der Waals surface area contributed by atoms with Crippen LogP contribution in [0.2, 0.25) is 0 Å². The van der Waals surface area contributed by atoms with E-state index in [2.05, 4.69) is 49.9 Å². The molecule has 2 amide bonds. The number of nitrogens with one attached hydrogen (secondary N) is 1. The van der Waals surface area contributed by atoms with Gasteiger partial charge in [0.2, 0.25) is 5.91 Å².